The van der Waals surface area contributed by atoms with Gasteiger partial charge in [0.1, 0.15) is 5.82 Å². The molecule has 3 nitrogen and oxygen atoms in total. The van der Waals surface area contributed by atoms with Gasteiger partial charge in [0, 0.05) is 11.7 Å². The zero-order valence-corrected chi connectivity index (χ0v) is 7.78. The largest absolute Gasteiger partial charge is 0.384 e. The van der Waals surface area contributed by atoms with Gasteiger partial charge in [0.25, 0.3) is 0 Å². The number of allylic oxidation sites excluding steroid dienone is 2. The highest BCUT2D eigenvalue weighted by atomic mass is 15.2. The van der Waals surface area contributed by atoms with Gasteiger partial charge in [-0.1, -0.05) is 0 Å². The average molecular weight is 165 g/mol. The Bertz CT molecular complexity index is 243. The Hall–Kier alpha value is -1.25. The standard InChI is InChI=1S/C9H15N3/c1-9(2,3)12-6-4-5-8(10)11-7-12/h4-7H,10H2,1-3H3. The van der Waals surface area contributed by atoms with Crippen molar-refractivity contribution in [3.63, 3.8) is 0 Å². The number of hydrogen-bond donors (Lipinski definition) is 1. The van der Waals surface area contributed by atoms with E-state index in [1.165, 1.54) is 0 Å². The predicted octanol–water partition coefficient (Wildman–Crippen LogP) is 1.44. The molecule has 1 aliphatic rings. The Morgan fingerprint density at radius 1 is 1.42 bits per heavy atom. The van der Waals surface area contributed by atoms with Gasteiger partial charge in [0.15, 0.2) is 0 Å². The molecule has 1 heterocycles. The second-order valence-electron chi connectivity index (χ2n) is 3.76. The van der Waals surface area contributed by atoms with Crippen molar-refractivity contribution in [3.05, 3.63) is 24.2 Å². The first kappa shape index (κ1) is 8.84. The molecule has 0 spiro atoms. The summed E-state index contributed by atoms with van der Waals surface area (Å²) in [7, 11) is 0. The Labute approximate surface area is 73.3 Å². The van der Waals surface area contributed by atoms with Gasteiger partial charge in [0.05, 0.1) is 6.34 Å². The highest BCUT2D eigenvalue weighted by molar-refractivity contribution is 5.60. The van der Waals surface area contributed by atoms with Crippen molar-refractivity contribution in [1.29, 1.82) is 0 Å². The first-order valence-electron chi connectivity index (χ1n) is 3.97. The van der Waals surface area contributed by atoms with Crippen LogP contribution < -0.4 is 5.73 Å². The quantitative estimate of drug-likeness (QED) is 0.590. The van der Waals surface area contributed by atoms with Crippen LogP contribution >= 0.6 is 0 Å². The fourth-order valence-corrected chi connectivity index (χ4v) is 0.842. The van der Waals surface area contributed by atoms with Gasteiger partial charge in [-0.05, 0) is 32.9 Å². The minimum absolute atomic E-state index is 0.0540. The van der Waals surface area contributed by atoms with Gasteiger partial charge in [-0.25, -0.2) is 4.99 Å². The third kappa shape index (κ3) is 2.12. The predicted molar refractivity (Wildman–Crippen MR) is 51.5 cm³/mol. The van der Waals surface area contributed by atoms with Gasteiger partial charge < -0.3 is 10.6 Å². The van der Waals surface area contributed by atoms with Crippen LogP contribution in [0.3, 0.4) is 0 Å². The lowest BCUT2D eigenvalue weighted by Gasteiger charge is -2.30. The lowest BCUT2D eigenvalue weighted by atomic mass is 10.1. The number of nitrogens with two attached hydrogens (primary N) is 1. The summed E-state index contributed by atoms with van der Waals surface area (Å²) >= 11 is 0. The van der Waals surface area contributed by atoms with Crippen LogP contribution in [0, 0.1) is 0 Å². The first-order valence-corrected chi connectivity index (χ1v) is 3.97. The van der Waals surface area contributed by atoms with Crippen molar-refractivity contribution in [2.24, 2.45) is 10.7 Å². The SMILES string of the molecule is CC(C)(C)N1C=CC=C(N)N=C1. The summed E-state index contributed by atoms with van der Waals surface area (Å²) in [4.78, 5) is 6.07. The molecule has 3 heteroatoms. The normalized spacial score (nSPS) is 17.6. The molecule has 66 valence electrons. The van der Waals surface area contributed by atoms with Gasteiger partial charge in [-0.2, -0.15) is 0 Å². The fraction of sp³-hybridized carbons (Fsp3) is 0.444. The molecule has 0 saturated heterocycles. The molecule has 1 rings (SSSR count). The lowest BCUT2D eigenvalue weighted by molar-refractivity contribution is 0.320. The highest BCUT2D eigenvalue weighted by Gasteiger charge is 2.16. The van der Waals surface area contributed by atoms with Crippen LogP contribution in [0.5, 0.6) is 0 Å². The van der Waals surface area contributed by atoms with E-state index in [0.717, 1.165) is 0 Å². The third-order valence-corrected chi connectivity index (χ3v) is 1.62. The van der Waals surface area contributed by atoms with Crippen LogP contribution in [0.15, 0.2) is 29.2 Å². The zero-order chi connectivity index (χ0) is 9.19. The van der Waals surface area contributed by atoms with Gasteiger partial charge >= 0.3 is 0 Å². The topological polar surface area (TPSA) is 41.6 Å². The Morgan fingerprint density at radius 3 is 2.67 bits per heavy atom. The zero-order valence-electron chi connectivity index (χ0n) is 7.78. The second kappa shape index (κ2) is 3.01. The maximum Gasteiger partial charge on any atom is 0.125 e. The molecular formula is C9H15N3. The van der Waals surface area contributed by atoms with Crippen LogP contribution in [-0.4, -0.2) is 16.8 Å². The summed E-state index contributed by atoms with van der Waals surface area (Å²) in [6, 6.07) is 0. The molecule has 0 aromatic carbocycles. The molecule has 0 amide bonds. The summed E-state index contributed by atoms with van der Waals surface area (Å²) in [5.41, 5.74) is 5.58. The van der Waals surface area contributed by atoms with Crippen molar-refractivity contribution in [1.82, 2.24) is 4.90 Å². The molecular weight excluding hydrogens is 150 g/mol. The van der Waals surface area contributed by atoms with Crippen molar-refractivity contribution in [2.45, 2.75) is 26.3 Å². The van der Waals surface area contributed by atoms with Crippen LogP contribution in [-0.2, 0) is 0 Å². The number of hydrogen-bond acceptors (Lipinski definition) is 3. The summed E-state index contributed by atoms with van der Waals surface area (Å²) in [6.45, 7) is 6.35. The smallest absolute Gasteiger partial charge is 0.125 e. The van der Waals surface area contributed by atoms with E-state index >= 15 is 0 Å². The minimum atomic E-state index is 0.0540. The van der Waals surface area contributed by atoms with E-state index in [-0.39, 0.29) is 5.54 Å². The first-order chi connectivity index (χ1) is 5.50. The molecule has 12 heavy (non-hydrogen) atoms. The molecule has 0 radical (unpaired) electrons. The number of aliphatic imine (C=N–C) groups is 1. The fourth-order valence-electron chi connectivity index (χ4n) is 0.842. The molecule has 0 aromatic rings. The van der Waals surface area contributed by atoms with E-state index < -0.39 is 0 Å². The maximum atomic E-state index is 5.53. The van der Waals surface area contributed by atoms with Crippen molar-refractivity contribution in [2.75, 3.05) is 0 Å². The van der Waals surface area contributed by atoms with Crippen LogP contribution in [0.4, 0.5) is 0 Å². The van der Waals surface area contributed by atoms with E-state index in [4.69, 9.17) is 5.73 Å². The van der Waals surface area contributed by atoms with Crippen molar-refractivity contribution >= 4 is 6.34 Å². The Kier molecular flexibility index (Phi) is 2.22. The minimum Gasteiger partial charge on any atom is -0.384 e. The average Bonchev–Trinajstić information content (AvgIpc) is 2.11. The van der Waals surface area contributed by atoms with E-state index in [0.29, 0.717) is 5.82 Å². The molecule has 0 aromatic heterocycles. The third-order valence-electron chi connectivity index (χ3n) is 1.62. The van der Waals surface area contributed by atoms with E-state index in [9.17, 15) is 0 Å². The summed E-state index contributed by atoms with van der Waals surface area (Å²) in [6.07, 6.45) is 7.38. The number of rotatable bonds is 0. The van der Waals surface area contributed by atoms with Crippen molar-refractivity contribution < 1.29 is 0 Å². The van der Waals surface area contributed by atoms with E-state index in [1.807, 2.05) is 17.2 Å². The molecule has 0 saturated carbocycles. The van der Waals surface area contributed by atoms with Gasteiger partial charge in [0.2, 0.25) is 0 Å². The molecule has 0 unspecified atom stereocenters. The van der Waals surface area contributed by atoms with E-state index in [1.54, 1.807) is 12.4 Å². The summed E-state index contributed by atoms with van der Waals surface area (Å²) < 4.78 is 0. The van der Waals surface area contributed by atoms with Crippen LogP contribution in [0.25, 0.3) is 0 Å². The van der Waals surface area contributed by atoms with Crippen molar-refractivity contribution in [3.8, 4) is 0 Å². The number of nitrogens with zero attached hydrogens (tertiary/aromatic N) is 2. The monoisotopic (exact) mass is 165 g/mol. The Morgan fingerprint density at radius 2 is 2.08 bits per heavy atom. The Balaban J connectivity index is 2.81. The molecule has 0 atom stereocenters. The molecule has 0 fully saturated rings. The lowest BCUT2D eigenvalue weighted by Crippen LogP contribution is -2.35. The van der Waals surface area contributed by atoms with Gasteiger partial charge in [-0.3, -0.25) is 0 Å². The maximum absolute atomic E-state index is 5.53. The van der Waals surface area contributed by atoms with Gasteiger partial charge in [-0.15, -0.1) is 0 Å². The van der Waals surface area contributed by atoms with Crippen LogP contribution in [0.2, 0.25) is 0 Å². The van der Waals surface area contributed by atoms with E-state index in [2.05, 4.69) is 25.8 Å². The summed E-state index contributed by atoms with van der Waals surface area (Å²) in [5.74, 6) is 0.540. The highest BCUT2D eigenvalue weighted by Crippen LogP contribution is 2.13. The second-order valence-corrected chi connectivity index (χ2v) is 3.76. The molecule has 1 aliphatic heterocycles. The van der Waals surface area contributed by atoms with Crippen LogP contribution in [0.1, 0.15) is 20.8 Å². The molecule has 2 N–H and O–H groups in total. The molecule has 0 aliphatic carbocycles. The molecule has 0 bridgehead atoms. The summed E-state index contributed by atoms with van der Waals surface area (Å²) in [5, 5.41) is 0.